The van der Waals surface area contributed by atoms with Gasteiger partial charge in [-0.15, -0.1) is 6.42 Å². The van der Waals surface area contributed by atoms with Gasteiger partial charge in [0.2, 0.25) is 0 Å². The van der Waals surface area contributed by atoms with Crippen LogP contribution in [0.4, 0.5) is 5.69 Å². The summed E-state index contributed by atoms with van der Waals surface area (Å²) in [6, 6.07) is 4.04. The summed E-state index contributed by atoms with van der Waals surface area (Å²) < 4.78 is 0. The molecular formula is C13H19N3. The Morgan fingerprint density at radius 3 is 3.06 bits per heavy atom. The maximum atomic E-state index is 5.28. The molecule has 0 aromatic carbocycles. The van der Waals surface area contributed by atoms with Gasteiger partial charge in [-0.2, -0.15) is 0 Å². The molecule has 1 rings (SSSR count). The van der Waals surface area contributed by atoms with Crippen molar-refractivity contribution in [3.8, 4) is 12.3 Å². The molecule has 3 heteroatoms. The zero-order valence-electron chi connectivity index (χ0n) is 10.0. The molecule has 0 amide bonds. The average molecular weight is 217 g/mol. The van der Waals surface area contributed by atoms with E-state index in [1.54, 1.807) is 0 Å². The maximum Gasteiger partial charge on any atom is 0.0788 e. The van der Waals surface area contributed by atoms with Gasteiger partial charge in [-0.1, -0.05) is 12.8 Å². The summed E-state index contributed by atoms with van der Waals surface area (Å²) in [5.74, 6) is 2.63. The summed E-state index contributed by atoms with van der Waals surface area (Å²) in [6.07, 6.45) is 8.24. The highest BCUT2D eigenvalue weighted by Gasteiger charge is 2.00. The molecule has 0 radical (unpaired) electrons. The molecule has 0 saturated heterocycles. The van der Waals surface area contributed by atoms with Gasteiger partial charge in [0.15, 0.2) is 0 Å². The van der Waals surface area contributed by atoms with Crippen molar-refractivity contribution in [1.82, 2.24) is 10.3 Å². The molecule has 0 atom stereocenters. The zero-order valence-corrected chi connectivity index (χ0v) is 10.0. The van der Waals surface area contributed by atoms with E-state index in [2.05, 4.69) is 29.2 Å². The highest BCUT2D eigenvalue weighted by atomic mass is 15.1. The standard InChI is InChI=1S/C13H19N3/c1-4-7-14-11-12-10-13(6-8-15-12)16(3)9-5-2/h2,6,8,10,14H,4,7,9,11H2,1,3H3. The molecule has 86 valence electrons. The van der Waals surface area contributed by atoms with Crippen LogP contribution in [0.3, 0.4) is 0 Å². The molecule has 0 fully saturated rings. The summed E-state index contributed by atoms with van der Waals surface area (Å²) >= 11 is 0. The Kier molecular flexibility index (Phi) is 5.38. The molecular weight excluding hydrogens is 198 g/mol. The van der Waals surface area contributed by atoms with Crippen molar-refractivity contribution in [2.75, 3.05) is 25.0 Å². The lowest BCUT2D eigenvalue weighted by Crippen LogP contribution is -2.18. The highest BCUT2D eigenvalue weighted by molar-refractivity contribution is 5.46. The molecule has 0 bridgehead atoms. The van der Waals surface area contributed by atoms with E-state index in [4.69, 9.17) is 6.42 Å². The number of hydrogen-bond donors (Lipinski definition) is 1. The minimum absolute atomic E-state index is 0.617. The topological polar surface area (TPSA) is 28.2 Å². The van der Waals surface area contributed by atoms with E-state index >= 15 is 0 Å². The van der Waals surface area contributed by atoms with Crippen molar-refractivity contribution >= 4 is 5.69 Å². The van der Waals surface area contributed by atoms with Gasteiger partial charge in [-0.25, -0.2) is 0 Å². The second-order valence-electron chi connectivity index (χ2n) is 3.74. The molecule has 0 saturated carbocycles. The molecule has 1 aromatic rings. The number of hydrogen-bond acceptors (Lipinski definition) is 3. The molecule has 0 aliphatic carbocycles. The van der Waals surface area contributed by atoms with Crippen LogP contribution in [0.1, 0.15) is 19.0 Å². The number of terminal acetylenes is 1. The summed E-state index contributed by atoms with van der Waals surface area (Å²) in [7, 11) is 1.98. The SMILES string of the molecule is C#CCN(C)c1ccnc(CNCCC)c1. The van der Waals surface area contributed by atoms with Crippen LogP contribution < -0.4 is 10.2 Å². The molecule has 0 aliphatic rings. The first kappa shape index (κ1) is 12.5. The van der Waals surface area contributed by atoms with Crippen LogP contribution in [0.5, 0.6) is 0 Å². The summed E-state index contributed by atoms with van der Waals surface area (Å²) in [4.78, 5) is 6.35. The van der Waals surface area contributed by atoms with Gasteiger partial charge in [0.25, 0.3) is 0 Å². The maximum absolute atomic E-state index is 5.28. The Morgan fingerprint density at radius 2 is 2.38 bits per heavy atom. The first-order chi connectivity index (χ1) is 7.77. The van der Waals surface area contributed by atoms with Crippen LogP contribution in [-0.2, 0) is 6.54 Å². The lowest BCUT2D eigenvalue weighted by Gasteiger charge is -2.16. The van der Waals surface area contributed by atoms with E-state index in [0.29, 0.717) is 6.54 Å². The molecule has 0 aliphatic heterocycles. The predicted molar refractivity (Wildman–Crippen MR) is 68.3 cm³/mol. The fraction of sp³-hybridized carbons (Fsp3) is 0.462. The van der Waals surface area contributed by atoms with E-state index in [1.165, 1.54) is 0 Å². The van der Waals surface area contributed by atoms with Crippen molar-refractivity contribution in [2.24, 2.45) is 0 Å². The van der Waals surface area contributed by atoms with Crippen LogP contribution in [0, 0.1) is 12.3 Å². The third kappa shape index (κ3) is 3.92. The first-order valence-electron chi connectivity index (χ1n) is 5.58. The fourth-order valence-corrected chi connectivity index (χ4v) is 1.42. The van der Waals surface area contributed by atoms with Gasteiger partial charge >= 0.3 is 0 Å². The summed E-state index contributed by atoms with van der Waals surface area (Å²) in [5.41, 5.74) is 2.16. The first-order valence-corrected chi connectivity index (χ1v) is 5.58. The Morgan fingerprint density at radius 1 is 1.56 bits per heavy atom. The quantitative estimate of drug-likeness (QED) is 0.580. The monoisotopic (exact) mass is 217 g/mol. The third-order valence-electron chi connectivity index (χ3n) is 2.30. The average Bonchev–Trinajstić information content (AvgIpc) is 2.30. The molecule has 1 N–H and O–H groups in total. The molecule has 0 spiro atoms. The van der Waals surface area contributed by atoms with Crippen molar-refractivity contribution in [3.63, 3.8) is 0 Å². The van der Waals surface area contributed by atoms with Gasteiger partial charge in [0.1, 0.15) is 0 Å². The molecule has 0 unspecified atom stereocenters. The molecule has 16 heavy (non-hydrogen) atoms. The van der Waals surface area contributed by atoms with Gasteiger partial charge < -0.3 is 10.2 Å². The zero-order chi connectivity index (χ0) is 11.8. The Labute approximate surface area is 97.9 Å². The number of rotatable bonds is 6. The van der Waals surface area contributed by atoms with Gasteiger partial charge in [-0.3, -0.25) is 4.98 Å². The Bertz CT molecular complexity index is 354. The summed E-state index contributed by atoms with van der Waals surface area (Å²) in [5, 5.41) is 3.33. The largest absolute Gasteiger partial charge is 0.363 e. The van der Waals surface area contributed by atoms with Crippen LogP contribution in [0.2, 0.25) is 0 Å². The van der Waals surface area contributed by atoms with Gasteiger partial charge in [0.05, 0.1) is 12.2 Å². The van der Waals surface area contributed by atoms with E-state index < -0.39 is 0 Å². The summed E-state index contributed by atoms with van der Waals surface area (Å²) in [6.45, 7) is 4.60. The molecule has 3 nitrogen and oxygen atoms in total. The molecule has 1 heterocycles. The van der Waals surface area contributed by atoms with E-state index in [9.17, 15) is 0 Å². The van der Waals surface area contributed by atoms with Crippen LogP contribution in [0.25, 0.3) is 0 Å². The minimum Gasteiger partial charge on any atom is -0.363 e. The Balaban J connectivity index is 2.60. The smallest absolute Gasteiger partial charge is 0.0788 e. The predicted octanol–water partition coefficient (Wildman–Crippen LogP) is 1.65. The normalized spacial score (nSPS) is 9.81. The lowest BCUT2D eigenvalue weighted by atomic mass is 10.3. The molecule has 1 aromatic heterocycles. The van der Waals surface area contributed by atoms with E-state index in [0.717, 1.165) is 30.9 Å². The van der Waals surface area contributed by atoms with Crippen molar-refractivity contribution < 1.29 is 0 Å². The lowest BCUT2D eigenvalue weighted by molar-refractivity contribution is 0.664. The third-order valence-corrected chi connectivity index (χ3v) is 2.30. The highest BCUT2D eigenvalue weighted by Crippen LogP contribution is 2.12. The van der Waals surface area contributed by atoms with Crippen molar-refractivity contribution in [1.29, 1.82) is 0 Å². The van der Waals surface area contributed by atoms with E-state index in [-0.39, 0.29) is 0 Å². The Hall–Kier alpha value is -1.53. The van der Waals surface area contributed by atoms with Crippen molar-refractivity contribution in [3.05, 3.63) is 24.0 Å². The van der Waals surface area contributed by atoms with Crippen LogP contribution in [0.15, 0.2) is 18.3 Å². The van der Waals surface area contributed by atoms with Crippen LogP contribution in [-0.4, -0.2) is 25.1 Å². The number of nitrogens with one attached hydrogen (secondary N) is 1. The number of pyridine rings is 1. The minimum atomic E-state index is 0.617. The number of anilines is 1. The fourth-order valence-electron chi connectivity index (χ4n) is 1.42. The van der Waals surface area contributed by atoms with Crippen molar-refractivity contribution in [2.45, 2.75) is 19.9 Å². The number of aromatic nitrogens is 1. The number of nitrogens with zero attached hydrogens (tertiary/aromatic N) is 2. The second-order valence-corrected chi connectivity index (χ2v) is 3.74. The second kappa shape index (κ2) is 6.86. The van der Waals surface area contributed by atoms with E-state index in [1.807, 2.05) is 24.2 Å². The van der Waals surface area contributed by atoms with Gasteiger partial charge in [-0.05, 0) is 25.1 Å². The van der Waals surface area contributed by atoms with Crippen LogP contribution >= 0.6 is 0 Å². The van der Waals surface area contributed by atoms with Gasteiger partial charge in [0, 0.05) is 25.5 Å².